The molecule has 2 saturated heterocycles. The van der Waals surface area contributed by atoms with Crippen LogP contribution in [0.4, 0.5) is 13.2 Å². The third kappa shape index (κ3) is 2.95. The van der Waals surface area contributed by atoms with Crippen LogP contribution in [0, 0.1) is 0 Å². The number of alkyl halides is 3. The number of halogens is 3. The Morgan fingerprint density at radius 1 is 1.23 bits per heavy atom. The predicted octanol–water partition coefficient (Wildman–Crippen LogP) is 4.35. The van der Waals surface area contributed by atoms with Crippen molar-refractivity contribution in [3.05, 3.63) is 29.3 Å². The second-order valence-electron chi connectivity index (χ2n) is 6.16. The van der Waals surface area contributed by atoms with Crippen molar-refractivity contribution in [2.45, 2.75) is 54.4 Å². The van der Waals surface area contributed by atoms with Crippen molar-refractivity contribution in [1.82, 2.24) is 0 Å². The predicted molar refractivity (Wildman–Crippen MR) is 80.1 cm³/mol. The summed E-state index contributed by atoms with van der Waals surface area (Å²) in [5.41, 5.74) is -1.35. The zero-order chi connectivity index (χ0) is 16.0. The van der Waals surface area contributed by atoms with E-state index in [0.717, 1.165) is 25.0 Å². The first-order valence-corrected chi connectivity index (χ1v) is 8.40. The maximum atomic E-state index is 12.8. The first-order valence-electron chi connectivity index (χ1n) is 7.45. The molecule has 122 valence electrons. The van der Waals surface area contributed by atoms with E-state index >= 15 is 0 Å². The molecule has 2 atom stereocenters. The second-order valence-corrected chi connectivity index (χ2v) is 7.77. The fraction of sp³-hybridized carbons (Fsp3) is 0.625. The first kappa shape index (κ1) is 16.0. The number of fused-ring (bicyclic) bond motifs is 2. The summed E-state index contributed by atoms with van der Waals surface area (Å²) in [5.74, 6) is 0.127. The van der Waals surface area contributed by atoms with Crippen molar-refractivity contribution in [3.63, 3.8) is 0 Å². The van der Waals surface area contributed by atoms with Gasteiger partial charge in [-0.1, -0.05) is 12.5 Å². The van der Waals surface area contributed by atoms with Crippen LogP contribution in [0.3, 0.4) is 0 Å². The summed E-state index contributed by atoms with van der Waals surface area (Å²) in [6, 6.07) is 3.41. The van der Waals surface area contributed by atoms with Crippen LogP contribution in [0.2, 0.25) is 0 Å². The van der Waals surface area contributed by atoms with Gasteiger partial charge in [-0.25, -0.2) is 0 Å². The topological polar surface area (TPSA) is 29.5 Å². The molecular formula is C16H19F3O2S. The van der Waals surface area contributed by atoms with E-state index < -0.39 is 17.3 Å². The Kier molecular flexibility index (Phi) is 4.10. The molecule has 6 heteroatoms. The maximum absolute atomic E-state index is 12.8. The van der Waals surface area contributed by atoms with Gasteiger partial charge in [-0.3, -0.25) is 0 Å². The highest BCUT2D eigenvalue weighted by atomic mass is 32.2. The maximum Gasteiger partial charge on any atom is 0.416 e. The molecule has 1 aromatic carbocycles. The third-order valence-corrected chi connectivity index (χ3v) is 6.17. The number of hydrogen-bond donors (Lipinski definition) is 1. The van der Waals surface area contributed by atoms with Crippen LogP contribution in [0.5, 0.6) is 5.75 Å². The van der Waals surface area contributed by atoms with Crippen molar-refractivity contribution in [2.75, 3.05) is 7.11 Å². The lowest BCUT2D eigenvalue weighted by molar-refractivity contribution is -0.137. The molecule has 1 aromatic rings. The summed E-state index contributed by atoms with van der Waals surface area (Å²) in [6.45, 7) is 0. The van der Waals surface area contributed by atoms with Crippen molar-refractivity contribution in [2.24, 2.45) is 0 Å². The van der Waals surface area contributed by atoms with E-state index in [1.165, 1.54) is 19.6 Å². The van der Waals surface area contributed by atoms with E-state index in [1.54, 1.807) is 0 Å². The van der Waals surface area contributed by atoms with Gasteiger partial charge in [0.05, 0.1) is 18.3 Å². The molecule has 2 bridgehead atoms. The van der Waals surface area contributed by atoms with Crippen LogP contribution >= 0.6 is 11.8 Å². The Bertz CT molecular complexity index is 547. The SMILES string of the molecule is COc1cc(C(F)(F)F)ccc1C1(O)CC2CCCC(C1)S2. The molecular weight excluding hydrogens is 313 g/mol. The number of aliphatic hydroxyl groups is 1. The molecule has 1 N–H and O–H groups in total. The number of methoxy groups -OCH3 is 1. The smallest absolute Gasteiger partial charge is 0.416 e. The third-order valence-electron chi connectivity index (χ3n) is 4.60. The van der Waals surface area contributed by atoms with Crippen molar-refractivity contribution in [1.29, 1.82) is 0 Å². The van der Waals surface area contributed by atoms with E-state index in [2.05, 4.69) is 0 Å². The Labute approximate surface area is 132 Å². The summed E-state index contributed by atoms with van der Waals surface area (Å²) < 4.78 is 43.7. The van der Waals surface area contributed by atoms with Gasteiger partial charge in [0, 0.05) is 16.1 Å². The van der Waals surface area contributed by atoms with Gasteiger partial charge in [-0.2, -0.15) is 24.9 Å². The summed E-state index contributed by atoms with van der Waals surface area (Å²) in [4.78, 5) is 0. The van der Waals surface area contributed by atoms with Crippen molar-refractivity contribution in [3.8, 4) is 5.75 Å². The number of hydrogen-bond acceptors (Lipinski definition) is 3. The molecule has 2 fully saturated rings. The fourth-order valence-corrected chi connectivity index (χ4v) is 5.48. The molecule has 0 spiro atoms. The molecule has 22 heavy (non-hydrogen) atoms. The second kappa shape index (κ2) is 5.64. The van der Waals surface area contributed by atoms with Gasteiger partial charge >= 0.3 is 6.18 Å². The lowest BCUT2D eigenvalue weighted by Crippen LogP contribution is -2.40. The normalized spacial score (nSPS) is 31.9. The number of thioether (sulfide) groups is 1. The lowest BCUT2D eigenvalue weighted by atomic mass is 9.80. The quantitative estimate of drug-likeness (QED) is 0.873. The van der Waals surface area contributed by atoms with Gasteiger partial charge in [0.2, 0.25) is 0 Å². The highest BCUT2D eigenvalue weighted by Gasteiger charge is 2.44. The van der Waals surface area contributed by atoms with E-state index in [-0.39, 0.29) is 5.75 Å². The Balaban J connectivity index is 1.96. The number of rotatable bonds is 2. The van der Waals surface area contributed by atoms with Gasteiger partial charge < -0.3 is 9.84 Å². The average Bonchev–Trinajstić information content (AvgIpc) is 2.45. The van der Waals surface area contributed by atoms with Gasteiger partial charge in [-0.05, 0) is 37.8 Å². The van der Waals surface area contributed by atoms with E-state index in [9.17, 15) is 18.3 Å². The minimum Gasteiger partial charge on any atom is -0.496 e. The minimum absolute atomic E-state index is 0.127. The summed E-state index contributed by atoms with van der Waals surface area (Å²) in [5, 5.41) is 11.8. The van der Waals surface area contributed by atoms with Crippen LogP contribution < -0.4 is 4.74 Å². The van der Waals surface area contributed by atoms with E-state index in [4.69, 9.17) is 4.74 Å². The molecule has 0 aliphatic carbocycles. The zero-order valence-corrected chi connectivity index (χ0v) is 13.1. The molecule has 0 saturated carbocycles. The lowest BCUT2D eigenvalue weighted by Gasteiger charge is -2.44. The number of benzene rings is 1. The molecule has 2 aliphatic rings. The van der Waals surface area contributed by atoms with Gasteiger partial charge in [0.1, 0.15) is 5.75 Å². The van der Waals surface area contributed by atoms with Crippen molar-refractivity contribution < 1.29 is 23.0 Å². The van der Waals surface area contributed by atoms with Crippen LogP contribution in [0.25, 0.3) is 0 Å². The number of ether oxygens (including phenoxy) is 1. The first-order chi connectivity index (χ1) is 10.3. The van der Waals surface area contributed by atoms with Crippen LogP contribution in [0.1, 0.15) is 43.2 Å². The van der Waals surface area contributed by atoms with Crippen molar-refractivity contribution >= 4 is 11.8 Å². The van der Waals surface area contributed by atoms with Crippen LogP contribution in [-0.2, 0) is 11.8 Å². The Hall–Kier alpha value is -0.880. The highest BCUT2D eigenvalue weighted by Crippen LogP contribution is 2.51. The summed E-state index contributed by atoms with van der Waals surface area (Å²) in [7, 11) is 1.35. The average molecular weight is 332 g/mol. The van der Waals surface area contributed by atoms with E-state index in [0.29, 0.717) is 28.9 Å². The Morgan fingerprint density at radius 3 is 2.41 bits per heavy atom. The molecule has 2 aliphatic heterocycles. The molecule has 2 unspecified atom stereocenters. The van der Waals surface area contributed by atoms with E-state index in [1.807, 2.05) is 11.8 Å². The summed E-state index contributed by atoms with van der Waals surface area (Å²) in [6.07, 6.45) is 0.0422. The van der Waals surface area contributed by atoms with Gasteiger partial charge in [0.25, 0.3) is 0 Å². The minimum atomic E-state index is -4.41. The Morgan fingerprint density at radius 2 is 1.86 bits per heavy atom. The molecule has 2 heterocycles. The molecule has 0 radical (unpaired) electrons. The fourth-order valence-electron chi connectivity index (χ4n) is 3.59. The molecule has 0 amide bonds. The van der Waals surface area contributed by atoms with Gasteiger partial charge in [-0.15, -0.1) is 0 Å². The summed E-state index contributed by atoms with van der Waals surface area (Å²) >= 11 is 1.91. The molecule has 3 rings (SSSR count). The molecule has 0 aromatic heterocycles. The molecule has 2 nitrogen and oxygen atoms in total. The van der Waals surface area contributed by atoms with Crippen LogP contribution in [-0.4, -0.2) is 22.7 Å². The largest absolute Gasteiger partial charge is 0.496 e. The van der Waals surface area contributed by atoms with Crippen LogP contribution in [0.15, 0.2) is 18.2 Å². The monoisotopic (exact) mass is 332 g/mol. The van der Waals surface area contributed by atoms with Gasteiger partial charge in [0.15, 0.2) is 0 Å². The zero-order valence-electron chi connectivity index (χ0n) is 12.3. The highest BCUT2D eigenvalue weighted by molar-refractivity contribution is 8.00. The standard InChI is InChI=1S/C16H19F3O2S/c1-21-14-7-10(16(17,18)19)5-6-13(14)15(20)8-11-3-2-4-12(9-15)22-11/h5-7,11-12,20H,2-4,8-9H2,1H3.